The Hall–Kier alpha value is -0.860. The van der Waals surface area contributed by atoms with Crippen molar-refractivity contribution in [3.8, 4) is 0 Å². The van der Waals surface area contributed by atoms with Crippen molar-refractivity contribution in [3.63, 3.8) is 0 Å². The minimum atomic E-state index is -0.544. The smallest absolute Gasteiger partial charge is 0.228 e. The predicted octanol–water partition coefficient (Wildman–Crippen LogP) is 1.41. The number of rotatable bonds is 1. The summed E-state index contributed by atoms with van der Waals surface area (Å²) < 4.78 is 0. The van der Waals surface area contributed by atoms with E-state index in [9.17, 15) is 9.59 Å². The molecule has 2 aliphatic rings. The van der Waals surface area contributed by atoms with E-state index in [4.69, 9.17) is 0 Å². The lowest BCUT2D eigenvalue weighted by atomic mass is 9.74. The molecule has 0 aromatic carbocycles. The average Bonchev–Trinajstić information content (AvgIpc) is 2.43. The van der Waals surface area contributed by atoms with Gasteiger partial charge in [0, 0.05) is 0 Å². The summed E-state index contributed by atoms with van der Waals surface area (Å²) >= 11 is 0. The third-order valence-corrected chi connectivity index (χ3v) is 3.72. The lowest BCUT2D eigenvalue weighted by Crippen LogP contribution is -2.50. The Bertz CT molecular complexity index is 268. The van der Waals surface area contributed by atoms with Crippen LogP contribution in [0.15, 0.2) is 0 Å². The van der Waals surface area contributed by atoms with Crippen molar-refractivity contribution < 1.29 is 9.59 Å². The first-order chi connectivity index (χ1) is 6.63. The van der Waals surface area contributed by atoms with Crippen molar-refractivity contribution in [1.29, 1.82) is 0 Å². The quantitative estimate of drug-likeness (QED) is 0.643. The molecule has 78 valence electrons. The molecule has 0 aromatic heterocycles. The average molecular weight is 195 g/mol. The molecule has 1 heterocycles. The van der Waals surface area contributed by atoms with Gasteiger partial charge in [-0.05, 0) is 25.7 Å². The van der Waals surface area contributed by atoms with Crippen LogP contribution in [0.5, 0.6) is 0 Å². The first-order valence-electron chi connectivity index (χ1n) is 5.47. The van der Waals surface area contributed by atoms with Crippen LogP contribution in [0.2, 0.25) is 0 Å². The molecule has 0 radical (unpaired) electrons. The van der Waals surface area contributed by atoms with Crippen LogP contribution in [0.3, 0.4) is 0 Å². The Balaban J connectivity index is 2.14. The summed E-state index contributed by atoms with van der Waals surface area (Å²) in [5, 5.41) is 2.86. The Morgan fingerprint density at radius 1 is 1.21 bits per heavy atom. The van der Waals surface area contributed by atoms with Gasteiger partial charge in [0.2, 0.25) is 5.91 Å². The Morgan fingerprint density at radius 3 is 2.36 bits per heavy atom. The number of hydrogen-bond acceptors (Lipinski definition) is 2. The zero-order valence-electron chi connectivity index (χ0n) is 8.64. The van der Waals surface area contributed by atoms with Crippen molar-refractivity contribution in [2.24, 2.45) is 5.92 Å². The second kappa shape index (κ2) is 3.37. The second-order valence-electron chi connectivity index (χ2n) is 4.69. The zero-order valence-corrected chi connectivity index (χ0v) is 8.64. The van der Waals surface area contributed by atoms with Crippen molar-refractivity contribution >= 4 is 11.7 Å². The molecule has 1 unspecified atom stereocenters. The van der Waals surface area contributed by atoms with Crippen molar-refractivity contribution in [3.05, 3.63) is 0 Å². The van der Waals surface area contributed by atoms with E-state index in [2.05, 4.69) is 5.32 Å². The molecule has 1 aliphatic carbocycles. The number of nitrogens with one attached hydrogen (secondary N) is 1. The molecule has 1 N–H and O–H groups in total. The Kier molecular flexibility index (Phi) is 2.33. The maximum absolute atomic E-state index is 11.7. The number of carbonyl (C=O) groups is 2. The van der Waals surface area contributed by atoms with E-state index in [1.54, 1.807) is 0 Å². The molecule has 0 aromatic rings. The number of hydrogen-bond donors (Lipinski definition) is 1. The number of Topliss-reactive ketones (excluding diaryl/α,β-unsaturated/α-hetero) is 1. The first-order valence-corrected chi connectivity index (χ1v) is 5.47. The highest BCUT2D eigenvalue weighted by Crippen LogP contribution is 2.35. The third kappa shape index (κ3) is 1.45. The van der Waals surface area contributed by atoms with Crippen molar-refractivity contribution in [2.75, 3.05) is 0 Å². The van der Waals surface area contributed by atoms with Crippen LogP contribution < -0.4 is 5.32 Å². The second-order valence-corrected chi connectivity index (χ2v) is 4.69. The van der Waals surface area contributed by atoms with Crippen LogP contribution in [-0.2, 0) is 9.59 Å². The highest BCUT2D eigenvalue weighted by molar-refractivity contribution is 6.10. The summed E-state index contributed by atoms with van der Waals surface area (Å²) in [7, 11) is 0. The van der Waals surface area contributed by atoms with Crippen LogP contribution in [0.4, 0.5) is 0 Å². The topological polar surface area (TPSA) is 46.2 Å². The SMILES string of the molecule is CC1(C2CCCCC2)NC(=O)CC1=O. The minimum absolute atomic E-state index is 0.0903. The summed E-state index contributed by atoms with van der Waals surface area (Å²) in [6.07, 6.45) is 5.93. The van der Waals surface area contributed by atoms with E-state index in [1.807, 2.05) is 6.92 Å². The molecule has 2 fully saturated rings. The molecule has 3 nitrogen and oxygen atoms in total. The van der Waals surface area contributed by atoms with E-state index in [0.717, 1.165) is 12.8 Å². The van der Waals surface area contributed by atoms with Gasteiger partial charge in [0.1, 0.15) is 0 Å². The lowest BCUT2D eigenvalue weighted by Gasteiger charge is -2.35. The van der Waals surface area contributed by atoms with Gasteiger partial charge in [-0.1, -0.05) is 19.3 Å². The van der Waals surface area contributed by atoms with E-state index < -0.39 is 5.54 Å². The van der Waals surface area contributed by atoms with Gasteiger partial charge in [-0.3, -0.25) is 9.59 Å². The zero-order chi connectivity index (χ0) is 10.2. The molecule has 14 heavy (non-hydrogen) atoms. The van der Waals surface area contributed by atoms with Gasteiger partial charge < -0.3 is 5.32 Å². The molecule has 2 rings (SSSR count). The number of amides is 1. The molecule has 0 spiro atoms. The summed E-state index contributed by atoms with van der Waals surface area (Å²) in [6.45, 7) is 1.90. The van der Waals surface area contributed by atoms with Gasteiger partial charge in [0.25, 0.3) is 0 Å². The predicted molar refractivity (Wildman–Crippen MR) is 52.7 cm³/mol. The standard InChI is InChI=1S/C11H17NO2/c1-11(8-5-3-2-4-6-8)9(13)7-10(14)12-11/h8H,2-7H2,1H3,(H,12,14). The summed E-state index contributed by atoms with van der Waals surface area (Å²) in [4.78, 5) is 22.9. The molecular formula is C11H17NO2. The fraction of sp³-hybridized carbons (Fsp3) is 0.818. The molecule has 1 atom stereocenters. The van der Waals surface area contributed by atoms with Crippen LogP contribution in [0.1, 0.15) is 45.4 Å². The summed E-state index contributed by atoms with van der Waals surface area (Å²) in [5.41, 5.74) is -0.544. The third-order valence-electron chi connectivity index (χ3n) is 3.72. The highest BCUT2D eigenvalue weighted by atomic mass is 16.2. The van der Waals surface area contributed by atoms with Gasteiger partial charge in [-0.2, -0.15) is 0 Å². The molecule has 1 saturated carbocycles. The summed E-state index contributed by atoms with van der Waals surface area (Å²) in [6, 6.07) is 0. The number of carbonyl (C=O) groups excluding carboxylic acids is 2. The van der Waals surface area contributed by atoms with Gasteiger partial charge in [-0.15, -0.1) is 0 Å². The first kappa shape index (κ1) is 9.69. The van der Waals surface area contributed by atoms with Crippen LogP contribution in [0, 0.1) is 5.92 Å². The normalized spacial score (nSPS) is 34.6. The Morgan fingerprint density at radius 2 is 1.86 bits per heavy atom. The Labute approximate surface area is 84.2 Å². The monoisotopic (exact) mass is 195 g/mol. The highest BCUT2D eigenvalue weighted by Gasteiger charge is 2.47. The minimum Gasteiger partial charge on any atom is -0.343 e. The number of ketones is 1. The molecule has 0 bridgehead atoms. The molecular weight excluding hydrogens is 178 g/mol. The maximum Gasteiger partial charge on any atom is 0.228 e. The molecule has 3 heteroatoms. The molecule has 1 saturated heterocycles. The van der Waals surface area contributed by atoms with E-state index in [1.165, 1.54) is 19.3 Å². The lowest BCUT2D eigenvalue weighted by molar-refractivity contribution is -0.124. The van der Waals surface area contributed by atoms with Crippen LogP contribution in [0.25, 0.3) is 0 Å². The maximum atomic E-state index is 11.7. The molecule has 1 aliphatic heterocycles. The fourth-order valence-corrected chi connectivity index (χ4v) is 2.74. The fourth-order valence-electron chi connectivity index (χ4n) is 2.74. The summed E-state index contributed by atoms with van der Waals surface area (Å²) in [5.74, 6) is 0.368. The van der Waals surface area contributed by atoms with Gasteiger partial charge >= 0.3 is 0 Å². The van der Waals surface area contributed by atoms with Gasteiger partial charge in [0.05, 0.1) is 12.0 Å². The van der Waals surface area contributed by atoms with Gasteiger partial charge in [0.15, 0.2) is 5.78 Å². The largest absolute Gasteiger partial charge is 0.343 e. The van der Waals surface area contributed by atoms with E-state index in [0.29, 0.717) is 5.92 Å². The van der Waals surface area contributed by atoms with Gasteiger partial charge in [-0.25, -0.2) is 0 Å². The van der Waals surface area contributed by atoms with Crippen molar-refractivity contribution in [2.45, 2.75) is 51.0 Å². The van der Waals surface area contributed by atoms with Crippen molar-refractivity contribution in [1.82, 2.24) is 5.32 Å². The van der Waals surface area contributed by atoms with Crippen LogP contribution in [-0.4, -0.2) is 17.2 Å². The van der Waals surface area contributed by atoms with E-state index >= 15 is 0 Å². The van der Waals surface area contributed by atoms with Crippen LogP contribution >= 0.6 is 0 Å². The molecule has 1 amide bonds. The van der Waals surface area contributed by atoms with E-state index in [-0.39, 0.29) is 18.1 Å².